The number of hydrogen-bond donors (Lipinski definition) is 1. The maximum Gasteiger partial charge on any atom is 0.123 e. The van der Waals surface area contributed by atoms with Crippen molar-refractivity contribution < 1.29 is 5.11 Å². The van der Waals surface area contributed by atoms with Gasteiger partial charge in [-0.1, -0.05) is 43.2 Å². The molecule has 1 aromatic carbocycles. The summed E-state index contributed by atoms with van der Waals surface area (Å²) >= 11 is 0. The van der Waals surface area contributed by atoms with E-state index in [0.29, 0.717) is 0 Å². The average molecular weight is 299 g/mol. The summed E-state index contributed by atoms with van der Waals surface area (Å²) in [5.41, 5.74) is 1.28. The van der Waals surface area contributed by atoms with Gasteiger partial charge in [-0.15, -0.1) is 0 Å². The number of benzene rings is 1. The first kappa shape index (κ1) is 15.3. The van der Waals surface area contributed by atoms with Gasteiger partial charge in [0.1, 0.15) is 5.82 Å². The van der Waals surface area contributed by atoms with Crippen molar-refractivity contribution in [2.75, 3.05) is 7.05 Å². The van der Waals surface area contributed by atoms with E-state index in [4.69, 9.17) is 0 Å². The molecule has 118 valence electrons. The van der Waals surface area contributed by atoms with Crippen molar-refractivity contribution in [1.29, 1.82) is 0 Å². The third-order valence-electron chi connectivity index (χ3n) is 4.65. The molecule has 22 heavy (non-hydrogen) atoms. The number of aromatic nitrogens is 2. The molecule has 2 atom stereocenters. The van der Waals surface area contributed by atoms with Gasteiger partial charge in [-0.3, -0.25) is 4.90 Å². The number of likely N-dealkylation sites (N-methyl/N-ethyl adjacent to an activating group) is 1. The molecule has 0 saturated heterocycles. The van der Waals surface area contributed by atoms with E-state index < -0.39 is 0 Å². The van der Waals surface area contributed by atoms with Gasteiger partial charge in [0.15, 0.2) is 0 Å². The van der Waals surface area contributed by atoms with Crippen LogP contribution in [0.15, 0.2) is 42.7 Å². The van der Waals surface area contributed by atoms with E-state index in [-0.39, 0.29) is 12.1 Å². The highest BCUT2D eigenvalue weighted by Crippen LogP contribution is 2.23. The highest BCUT2D eigenvalue weighted by molar-refractivity contribution is 5.15. The van der Waals surface area contributed by atoms with Gasteiger partial charge in [-0.05, 0) is 25.5 Å². The van der Waals surface area contributed by atoms with Crippen molar-refractivity contribution in [3.63, 3.8) is 0 Å². The van der Waals surface area contributed by atoms with Crippen LogP contribution in [0.2, 0.25) is 0 Å². The molecule has 1 N–H and O–H groups in total. The highest BCUT2D eigenvalue weighted by atomic mass is 16.3. The van der Waals surface area contributed by atoms with Gasteiger partial charge >= 0.3 is 0 Å². The standard InChI is InChI=1S/C18H25N3O/c1-20(16-9-5-6-10-17(16)22)14-18-19-11-12-21(18)13-15-7-3-2-4-8-15/h2-4,7-8,11-12,16-17,22H,5-6,9-10,13-14H2,1H3/t16-,17+/m1/s1. The summed E-state index contributed by atoms with van der Waals surface area (Å²) in [6, 6.07) is 10.7. The highest BCUT2D eigenvalue weighted by Gasteiger charge is 2.27. The minimum absolute atomic E-state index is 0.198. The largest absolute Gasteiger partial charge is 0.391 e. The van der Waals surface area contributed by atoms with Crippen LogP contribution in [0.5, 0.6) is 0 Å². The second kappa shape index (κ2) is 7.07. The quantitative estimate of drug-likeness (QED) is 0.923. The lowest BCUT2D eigenvalue weighted by molar-refractivity contribution is 0.0274. The van der Waals surface area contributed by atoms with E-state index in [9.17, 15) is 5.11 Å². The van der Waals surface area contributed by atoms with Crippen LogP contribution in [0.3, 0.4) is 0 Å². The number of nitrogens with zero attached hydrogens (tertiary/aromatic N) is 3. The second-order valence-electron chi connectivity index (χ2n) is 6.29. The van der Waals surface area contributed by atoms with Crippen molar-refractivity contribution in [2.24, 2.45) is 0 Å². The lowest BCUT2D eigenvalue weighted by Gasteiger charge is -2.35. The fourth-order valence-electron chi connectivity index (χ4n) is 3.36. The first-order valence-corrected chi connectivity index (χ1v) is 8.16. The van der Waals surface area contributed by atoms with Gasteiger partial charge in [-0.2, -0.15) is 0 Å². The zero-order chi connectivity index (χ0) is 15.4. The monoisotopic (exact) mass is 299 g/mol. The summed E-state index contributed by atoms with van der Waals surface area (Å²) in [5, 5.41) is 10.2. The van der Waals surface area contributed by atoms with Crippen molar-refractivity contribution in [3.05, 3.63) is 54.1 Å². The Kier molecular flexibility index (Phi) is 4.90. The number of rotatable bonds is 5. The average Bonchev–Trinajstić information content (AvgIpc) is 2.95. The third kappa shape index (κ3) is 3.57. The second-order valence-corrected chi connectivity index (χ2v) is 6.29. The van der Waals surface area contributed by atoms with Crippen LogP contribution in [0, 0.1) is 0 Å². The van der Waals surface area contributed by atoms with E-state index in [1.54, 1.807) is 0 Å². The lowest BCUT2D eigenvalue weighted by Crippen LogP contribution is -2.43. The van der Waals surface area contributed by atoms with Crippen LogP contribution in [-0.4, -0.2) is 38.8 Å². The molecule has 0 radical (unpaired) electrons. The van der Waals surface area contributed by atoms with Gasteiger partial charge in [0.2, 0.25) is 0 Å². The van der Waals surface area contributed by atoms with Crippen LogP contribution < -0.4 is 0 Å². The number of aliphatic hydroxyl groups is 1. The summed E-state index contributed by atoms with van der Waals surface area (Å²) in [5.74, 6) is 1.06. The molecule has 0 unspecified atom stereocenters. The van der Waals surface area contributed by atoms with Crippen molar-refractivity contribution >= 4 is 0 Å². The van der Waals surface area contributed by atoms with E-state index in [2.05, 4.69) is 45.8 Å². The SMILES string of the molecule is CN(Cc1nccn1Cc1ccccc1)[C@@H]1CCCC[C@@H]1O. The van der Waals surface area contributed by atoms with E-state index in [1.807, 2.05) is 18.5 Å². The Morgan fingerprint density at radius 3 is 2.77 bits per heavy atom. The minimum atomic E-state index is -0.198. The topological polar surface area (TPSA) is 41.3 Å². The molecule has 1 aliphatic rings. The van der Waals surface area contributed by atoms with Gasteiger partial charge in [-0.25, -0.2) is 4.98 Å². The summed E-state index contributed by atoms with van der Waals surface area (Å²) in [4.78, 5) is 6.77. The molecule has 1 fully saturated rings. The molecule has 1 heterocycles. The molecule has 4 heteroatoms. The van der Waals surface area contributed by atoms with Gasteiger partial charge in [0.05, 0.1) is 12.6 Å². The minimum Gasteiger partial charge on any atom is -0.391 e. The summed E-state index contributed by atoms with van der Waals surface area (Å²) in [6.07, 6.45) is 8.07. The normalized spacial score (nSPS) is 22.1. The maximum atomic E-state index is 10.2. The Balaban J connectivity index is 1.67. The maximum absolute atomic E-state index is 10.2. The Hall–Kier alpha value is -1.65. The van der Waals surface area contributed by atoms with E-state index in [0.717, 1.165) is 38.2 Å². The van der Waals surface area contributed by atoms with Crippen molar-refractivity contribution in [3.8, 4) is 0 Å². The van der Waals surface area contributed by atoms with E-state index in [1.165, 1.54) is 12.0 Å². The first-order chi connectivity index (χ1) is 10.7. The Labute approximate surface area is 132 Å². The Bertz CT molecular complexity index is 581. The fraction of sp³-hybridized carbons (Fsp3) is 0.500. The zero-order valence-corrected chi connectivity index (χ0v) is 13.2. The molecule has 3 rings (SSSR count). The molecule has 0 bridgehead atoms. The van der Waals surface area contributed by atoms with Gasteiger partial charge < -0.3 is 9.67 Å². The van der Waals surface area contributed by atoms with Gasteiger partial charge in [0.25, 0.3) is 0 Å². The smallest absolute Gasteiger partial charge is 0.123 e. The van der Waals surface area contributed by atoms with Crippen LogP contribution >= 0.6 is 0 Å². The molecule has 1 aromatic heterocycles. The Morgan fingerprint density at radius 1 is 1.23 bits per heavy atom. The lowest BCUT2D eigenvalue weighted by atomic mass is 9.91. The van der Waals surface area contributed by atoms with Crippen molar-refractivity contribution in [2.45, 2.75) is 50.9 Å². The predicted octanol–water partition coefficient (Wildman–Crippen LogP) is 2.67. The van der Waals surface area contributed by atoms with Crippen LogP contribution in [-0.2, 0) is 13.1 Å². The summed E-state index contributed by atoms with van der Waals surface area (Å²) in [7, 11) is 2.10. The van der Waals surface area contributed by atoms with Crippen LogP contribution in [0.25, 0.3) is 0 Å². The number of imidazole rings is 1. The fourth-order valence-corrected chi connectivity index (χ4v) is 3.36. The van der Waals surface area contributed by atoms with Crippen molar-refractivity contribution in [1.82, 2.24) is 14.5 Å². The third-order valence-corrected chi connectivity index (χ3v) is 4.65. The van der Waals surface area contributed by atoms with Gasteiger partial charge in [0, 0.05) is 25.0 Å². The number of hydrogen-bond acceptors (Lipinski definition) is 3. The molecular formula is C18H25N3O. The molecule has 0 spiro atoms. The molecule has 1 saturated carbocycles. The molecule has 4 nitrogen and oxygen atoms in total. The molecular weight excluding hydrogens is 274 g/mol. The summed E-state index contributed by atoms with van der Waals surface area (Å²) in [6.45, 7) is 1.62. The molecule has 0 aliphatic heterocycles. The number of aliphatic hydroxyl groups excluding tert-OH is 1. The molecule has 1 aliphatic carbocycles. The first-order valence-electron chi connectivity index (χ1n) is 8.16. The molecule has 2 aromatic rings. The van der Waals surface area contributed by atoms with E-state index >= 15 is 0 Å². The zero-order valence-electron chi connectivity index (χ0n) is 13.2. The molecule has 0 amide bonds. The van der Waals surface area contributed by atoms with Crippen LogP contribution in [0.4, 0.5) is 0 Å². The summed E-state index contributed by atoms with van der Waals surface area (Å²) < 4.78 is 2.20. The predicted molar refractivity (Wildman–Crippen MR) is 87.5 cm³/mol. The Morgan fingerprint density at radius 2 is 2.00 bits per heavy atom. The van der Waals surface area contributed by atoms with Crippen LogP contribution in [0.1, 0.15) is 37.1 Å².